The predicted molar refractivity (Wildman–Crippen MR) is 89.1 cm³/mol. The molecule has 0 amide bonds. The first-order chi connectivity index (χ1) is 10.1. The number of hydrogen-bond acceptors (Lipinski definition) is 2. The van der Waals surface area contributed by atoms with Gasteiger partial charge in [0.25, 0.3) is 0 Å². The first-order valence-corrected chi connectivity index (χ1v) is 8.24. The lowest BCUT2D eigenvalue weighted by molar-refractivity contribution is -0.210. The van der Waals surface area contributed by atoms with E-state index in [9.17, 15) is 0 Å². The Hall–Kier alpha value is -1.61. The highest BCUT2D eigenvalue weighted by molar-refractivity contribution is 7.99. The van der Waals surface area contributed by atoms with Crippen LogP contribution in [0.3, 0.4) is 0 Å². The van der Waals surface area contributed by atoms with Crippen molar-refractivity contribution in [2.45, 2.75) is 49.8 Å². The van der Waals surface area contributed by atoms with Crippen molar-refractivity contribution >= 4 is 17.4 Å². The van der Waals surface area contributed by atoms with Crippen molar-refractivity contribution < 1.29 is 5.53 Å². The fraction of sp³-hybridized carbons (Fsp3) is 0.333. The minimum atomic E-state index is 0.867. The molecule has 0 bridgehead atoms. The lowest BCUT2D eigenvalue weighted by Gasteiger charge is -2.08. The molecule has 21 heavy (non-hydrogen) atoms. The number of nitrogens with two attached hydrogens (primary N) is 1. The summed E-state index contributed by atoms with van der Waals surface area (Å²) in [7, 11) is 0. The van der Waals surface area contributed by atoms with E-state index in [0.29, 0.717) is 0 Å². The van der Waals surface area contributed by atoms with Gasteiger partial charge < -0.3 is 0 Å². The summed E-state index contributed by atoms with van der Waals surface area (Å²) in [6, 6.07) is 13.1. The van der Waals surface area contributed by atoms with E-state index in [-0.39, 0.29) is 0 Å². The summed E-state index contributed by atoms with van der Waals surface area (Å²) >= 11 is 1.80. The van der Waals surface area contributed by atoms with Crippen LogP contribution in [-0.2, 0) is 6.42 Å². The first kappa shape index (κ1) is 15.8. The standard InChI is InChI=1S/C18H22N2S/c1-4-5-6-15-7-9-16(10-8-15)21-18-12-13(2)17(20-19)11-14(18)3/h7-12,19H,4-6H2,1-3H3/p+1. The summed E-state index contributed by atoms with van der Waals surface area (Å²) in [6.45, 7) is 6.38. The summed E-state index contributed by atoms with van der Waals surface area (Å²) in [5, 5.41) is 3.81. The second-order valence-electron chi connectivity index (χ2n) is 5.38. The highest BCUT2D eigenvalue weighted by Gasteiger charge is 2.07. The van der Waals surface area contributed by atoms with Gasteiger partial charge in [0.2, 0.25) is 0 Å². The van der Waals surface area contributed by atoms with Gasteiger partial charge in [-0.25, -0.2) is 0 Å². The first-order valence-electron chi connectivity index (χ1n) is 7.43. The van der Waals surface area contributed by atoms with E-state index in [1.807, 2.05) is 13.0 Å². The van der Waals surface area contributed by atoms with E-state index in [1.165, 1.54) is 40.2 Å². The fourth-order valence-corrected chi connectivity index (χ4v) is 3.24. The summed E-state index contributed by atoms with van der Waals surface area (Å²) < 4.78 is 0. The highest BCUT2D eigenvalue weighted by atomic mass is 32.2. The van der Waals surface area contributed by atoms with Gasteiger partial charge in [0.05, 0.1) is 0 Å². The van der Waals surface area contributed by atoms with Crippen LogP contribution in [0.15, 0.2) is 51.3 Å². The summed E-state index contributed by atoms with van der Waals surface area (Å²) in [5.41, 5.74) is 10.0. The van der Waals surface area contributed by atoms with Crippen LogP contribution in [0.4, 0.5) is 5.69 Å². The van der Waals surface area contributed by atoms with Crippen molar-refractivity contribution in [3.63, 3.8) is 0 Å². The van der Waals surface area contributed by atoms with Crippen molar-refractivity contribution in [3.8, 4) is 0 Å². The Morgan fingerprint density at radius 3 is 2.38 bits per heavy atom. The molecule has 0 aliphatic carbocycles. The molecule has 110 valence electrons. The molecule has 0 aliphatic rings. The second-order valence-corrected chi connectivity index (χ2v) is 6.50. The van der Waals surface area contributed by atoms with Gasteiger partial charge in [-0.1, -0.05) is 37.2 Å². The molecule has 0 fully saturated rings. The maximum atomic E-state index is 5.40. The minimum Gasteiger partial charge on any atom is -0.152 e. The number of benzene rings is 2. The largest absolute Gasteiger partial charge is 0.152 e. The lowest BCUT2D eigenvalue weighted by atomic mass is 10.1. The third-order valence-electron chi connectivity index (χ3n) is 3.60. The number of aryl methyl sites for hydroxylation is 3. The Kier molecular flexibility index (Phi) is 5.57. The maximum Gasteiger partial charge on any atom is 0.133 e. The number of hydrogen-bond donors (Lipinski definition) is 1. The monoisotopic (exact) mass is 299 g/mol. The smallest absolute Gasteiger partial charge is 0.133 e. The molecule has 0 unspecified atom stereocenters. The molecule has 0 spiro atoms. The SMILES string of the molecule is CCCCc1ccc(Sc2cc(C)c(N=[NH2+])cc2C)cc1. The fourth-order valence-electron chi connectivity index (χ4n) is 2.26. The molecule has 0 aromatic heterocycles. The molecule has 0 saturated heterocycles. The molecular formula is C18H23N2S+. The van der Waals surface area contributed by atoms with Gasteiger partial charge in [0.15, 0.2) is 0 Å². The molecular weight excluding hydrogens is 276 g/mol. The Morgan fingerprint density at radius 2 is 1.76 bits per heavy atom. The van der Waals surface area contributed by atoms with Crippen LogP contribution in [-0.4, -0.2) is 0 Å². The number of rotatable bonds is 6. The molecule has 0 radical (unpaired) electrons. The van der Waals surface area contributed by atoms with Crippen molar-refractivity contribution in [1.29, 1.82) is 0 Å². The Balaban J connectivity index is 2.14. The van der Waals surface area contributed by atoms with Crippen LogP contribution in [0.5, 0.6) is 0 Å². The van der Waals surface area contributed by atoms with Crippen molar-refractivity contribution in [2.24, 2.45) is 5.11 Å². The third kappa shape index (κ3) is 4.18. The zero-order valence-electron chi connectivity index (χ0n) is 13.0. The van der Waals surface area contributed by atoms with Gasteiger partial charge in [-0.15, -0.1) is 0 Å². The molecule has 2 rings (SSSR count). The van der Waals surface area contributed by atoms with Crippen LogP contribution in [0, 0.1) is 13.8 Å². The molecule has 2 aromatic carbocycles. The van der Waals surface area contributed by atoms with Crippen LogP contribution < -0.4 is 5.53 Å². The van der Waals surface area contributed by atoms with Crippen LogP contribution >= 0.6 is 11.8 Å². The van der Waals surface area contributed by atoms with E-state index in [1.54, 1.807) is 11.8 Å². The molecule has 2 aromatic rings. The summed E-state index contributed by atoms with van der Waals surface area (Å²) in [4.78, 5) is 2.54. The Bertz CT molecular complexity index is 618. The van der Waals surface area contributed by atoms with E-state index in [4.69, 9.17) is 5.53 Å². The van der Waals surface area contributed by atoms with Crippen molar-refractivity contribution in [2.75, 3.05) is 0 Å². The van der Waals surface area contributed by atoms with Gasteiger partial charge in [-0.05, 0) is 72.8 Å². The van der Waals surface area contributed by atoms with Crippen LogP contribution in [0.1, 0.15) is 36.5 Å². The van der Waals surface area contributed by atoms with Gasteiger partial charge in [0.1, 0.15) is 5.69 Å². The summed E-state index contributed by atoms with van der Waals surface area (Å²) in [6.07, 6.45) is 3.68. The summed E-state index contributed by atoms with van der Waals surface area (Å²) in [5.74, 6) is 0. The van der Waals surface area contributed by atoms with Crippen molar-refractivity contribution in [1.82, 2.24) is 0 Å². The minimum absolute atomic E-state index is 0.867. The van der Waals surface area contributed by atoms with Crippen molar-refractivity contribution in [3.05, 3.63) is 53.1 Å². The Morgan fingerprint density at radius 1 is 1.05 bits per heavy atom. The van der Waals surface area contributed by atoms with Gasteiger partial charge in [-0.3, -0.25) is 0 Å². The van der Waals surface area contributed by atoms with E-state index < -0.39 is 0 Å². The van der Waals surface area contributed by atoms with Gasteiger partial charge in [-0.2, -0.15) is 5.53 Å². The van der Waals surface area contributed by atoms with E-state index in [2.05, 4.69) is 49.3 Å². The zero-order valence-corrected chi connectivity index (χ0v) is 13.8. The molecule has 2 N–H and O–H groups in total. The predicted octanol–water partition coefficient (Wildman–Crippen LogP) is 4.64. The third-order valence-corrected chi connectivity index (χ3v) is 4.77. The second kappa shape index (κ2) is 7.41. The lowest BCUT2D eigenvalue weighted by Crippen LogP contribution is -2.22. The number of unbranched alkanes of at least 4 members (excludes halogenated alkanes) is 1. The van der Waals surface area contributed by atoms with E-state index in [0.717, 1.165) is 11.3 Å². The number of nitrogens with zero attached hydrogens (tertiary/aromatic N) is 1. The average molecular weight is 299 g/mol. The van der Waals surface area contributed by atoms with Crippen LogP contribution in [0.25, 0.3) is 0 Å². The highest BCUT2D eigenvalue weighted by Crippen LogP contribution is 2.34. The maximum absolute atomic E-state index is 5.40. The van der Waals surface area contributed by atoms with Crippen LogP contribution in [0.2, 0.25) is 0 Å². The topological polar surface area (TPSA) is 38.0 Å². The van der Waals surface area contributed by atoms with Gasteiger partial charge >= 0.3 is 0 Å². The molecule has 3 heteroatoms. The normalized spacial score (nSPS) is 10.6. The molecule has 0 heterocycles. The van der Waals surface area contributed by atoms with E-state index >= 15 is 0 Å². The molecule has 2 nitrogen and oxygen atoms in total. The Labute approximate surface area is 131 Å². The van der Waals surface area contributed by atoms with Gasteiger partial charge in [0, 0.05) is 9.79 Å². The zero-order chi connectivity index (χ0) is 15.2. The quantitative estimate of drug-likeness (QED) is 0.775. The average Bonchev–Trinajstić information content (AvgIpc) is 2.50. The molecule has 0 atom stereocenters. The molecule has 0 saturated carbocycles. The molecule has 0 aliphatic heterocycles.